The lowest BCUT2D eigenvalue weighted by Gasteiger charge is -2.48. The minimum atomic E-state index is -0.454. The van der Waals surface area contributed by atoms with Gasteiger partial charge in [-0.2, -0.15) is 0 Å². The zero-order valence-corrected chi connectivity index (χ0v) is 12.6. The Bertz CT molecular complexity index is 499. The Hall–Kier alpha value is -1.22. The van der Waals surface area contributed by atoms with Gasteiger partial charge in [0.15, 0.2) is 0 Å². The number of methoxy groups -OCH3 is 1. The van der Waals surface area contributed by atoms with E-state index >= 15 is 0 Å². The fourth-order valence-electron chi connectivity index (χ4n) is 3.83. The highest BCUT2D eigenvalue weighted by Crippen LogP contribution is 2.50. The van der Waals surface area contributed by atoms with Crippen molar-refractivity contribution in [3.8, 4) is 11.5 Å². The van der Waals surface area contributed by atoms with Gasteiger partial charge in [-0.3, -0.25) is 0 Å². The van der Waals surface area contributed by atoms with Gasteiger partial charge in [0, 0.05) is 12.0 Å². The largest absolute Gasteiger partial charge is 0.497 e. The van der Waals surface area contributed by atoms with Crippen LogP contribution in [0.2, 0.25) is 0 Å². The fraction of sp³-hybridized carbons (Fsp3) is 0.647. The first kappa shape index (κ1) is 13.7. The molecule has 3 heteroatoms. The lowest BCUT2D eigenvalue weighted by atomic mass is 9.68. The Morgan fingerprint density at radius 2 is 2.15 bits per heavy atom. The van der Waals surface area contributed by atoms with Crippen LogP contribution in [0.3, 0.4) is 0 Å². The molecule has 110 valence electrons. The molecule has 0 radical (unpaired) electrons. The molecule has 3 nitrogen and oxygen atoms in total. The quantitative estimate of drug-likeness (QED) is 0.850. The first-order chi connectivity index (χ1) is 9.54. The molecular formula is C17H24O3. The Kier molecular flexibility index (Phi) is 3.41. The smallest absolute Gasteiger partial charge is 0.126 e. The Balaban J connectivity index is 1.92. The second-order valence-electron chi connectivity index (χ2n) is 6.57. The van der Waals surface area contributed by atoms with Gasteiger partial charge in [0.1, 0.15) is 17.1 Å². The van der Waals surface area contributed by atoms with Crippen molar-refractivity contribution in [1.29, 1.82) is 0 Å². The zero-order valence-electron chi connectivity index (χ0n) is 12.6. The molecule has 1 spiro atoms. The first-order valence-corrected chi connectivity index (χ1v) is 7.59. The number of fused-ring (bicyclic) bond motifs is 1. The maximum atomic E-state index is 10.5. The number of hydrogen-bond acceptors (Lipinski definition) is 3. The van der Waals surface area contributed by atoms with Crippen molar-refractivity contribution in [1.82, 2.24) is 0 Å². The van der Waals surface area contributed by atoms with Gasteiger partial charge in [0.25, 0.3) is 0 Å². The summed E-state index contributed by atoms with van der Waals surface area (Å²) in [5, 5.41) is 10.5. The van der Waals surface area contributed by atoms with Gasteiger partial charge in [-0.15, -0.1) is 0 Å². The van der Waals surface area contributed by atoms with Crippen LogP contribution in [0.15, 0.2) is 18.2 Å². The normalized spacial score (nSPS) is 36.3. The Morgan fingerprint density at radius 1 is 1.35 bits per heavy atom. The van der Waals surface area contributed by atoms with Crippen molar-refractivity contribution in [2.45, 2.75) is 51.2 Å². The summed E-state index contributed by atoms with van der Waals surface area (Å²) in [7, 11) is 1.64. The number of aliphatic hydroxyl groups excluding tert-OH is 1. The van der Waals surface area contributed by atoms with E-state index in [9.17, 15) is 5.11 Å². The van der Waals surface area contributed by atoms with Crippen molar-refractivity contribution >= 4 is 0 Å². The molecule has 2 aliphatic rings. The van der Waals surface area contributed by atoms with Crippen molar-refractivity contribution in [2.24, 2.45) is 11.8 Å². The zero-order chi connectivity index (χ0) is 14.3. The van der Waals surface area contributed by atoms with Crippen LogP contribution >= 0.6 is 0 Å². The Labute approximate surface area is 120 Å². The van der Waals surface area contributed by atoms with Crippen molar-refractivity contribution in [3.05, 3.63) is 23.8 Å². The molecule has 4 atom stereocenters. The molecule has 1 aromatic rings. The van der Waals surface area contributed by atoms with Gasteiger partial charge in [-0.05, 0) is 49.3 Å². The molecule has 0 aromatic heterocycles. The standard InChI is InChI=1S/C17H24O3/c1-11-6-7-17(12(2)8-11)10-15(18)14-9-13(19-3)4-5-16(14)20-17/h4-5,9,11-12,15,18H,6-8,10H2,1-3H3/t11?,12?,15-,17?/m1/s1. The average molecular weight is 276 g/mol. The van der Waals surface area contributed by atoms with Crippen LogP contribution in [-0.4, -0.2) is 17.8 Å². The highest BCUT2D eigenvalue weighted by Gasteiger charge is 2.47. The van der Waals surface area contributed by atoms with Crippen LogP contribution in [0.4, 0.5) is 0 Å². The van der Waals surface area contributed by atoms with E-state index in [1.54, 1.807) is 7.11 Å². The van der Waals surface area contributed by atoms with Gasteiger partial charge >= 0.3 is 0 Å². The van der Waals surface area contributed by atoms with Crippen molar-refractivity contribution in [3.63, 3.8) is 0 Å². The van der Waals surface area contributed by atoms with Crippen LogP contribution in [-0.2, 0) is 0 Å². The van der Waals surface area contributed by atoms with E-state index in [0.717, 1.165) is 29.4 Å². The van der Waals surface area contributed by atoms with Crippen LogP contribution in [0.5, 0.6) is 11.5 Å². The maximum Gasteiger partial charge on any atom is 0.126 e. The second-order valence-corrected chi connectivity index (χ2v) is 6.57. The van der Waals surface area contributed by atoms with Crippen LogP contribution < -0.4 is 9.47 Å². The molecule has 0 amide bonds. The predicted octanol–water partition coefficient (Wildman–Crippen LogP) is 3.71. The van der Waals surface area contributed by atoms with Crippen LogP contribution in [0, 0.1) is 11.8 Å². The summed E-state index contributed by atoms with van der Waals surface area (Å²) in [5.41, 5.74) is 0.675. The number of ether oxygens (including phenoxy) is 2. The van der Waals surface area contributed by atoms with Crippen molar-refractivity contribution < 1.29 is 14.6 Å². The number of hydrogen-bond donors (Lipinski definition) is 1. The summed E-state index contributed by atoms with van der Waals surface area (Å²) in [5.74, 6) is 2.84. The van der Waals surface area contributed by atoms with E-state index in [0.29, 0.717) is 12.3 Å². The van der Waals surface area contributed by atoms with Gasteiger partial charge in [-0.1, -0.05) is 13.8 Å². The summed E-state index contributed by atoms with van der Waals surface area (Å²) in [6.07, 6.45) is 3.64. The predicted molar refractivity (Wildman–Crippen MR) is 78.1 cm³/mol. The fourth-order valence-corrected chi connectivity index (χ4v) is 3.83. The third kappa shape index (κ3) is 2.18. The molecule has 1 fully saturated rings. The molecule has 1 saturated carbocycles. The van der Waals surface area contributed by atoms with E-state index in [2.05, 4.69) is 13.8 Å². The summed E-state index contributed by atoms with van der Waals surface area (Å²) in [6, 6.07) is 5.73. The van der Waals surface area contributed by atoms with Crippen molar-refractivity contribution in [2.75, 3.05) is 7.11 Å². The first-order valence-electron chi connectivity index (χ1n) is 7.59. The minimum Gasteiger partial charge on any atom is -0.497 e. The maximum absolute atomic E-state index is 10.5. The summed E-state index contributed by atoms with van der Waals surface area (Å²) in [4.78, 5) is 0. The summed E-state index contributed by atoms with van der Waals surface area (Å²) >= 11 is 0. The third-order valence-electron chi connectivity index (χ3n) is 5.14. The number of rotatable bonds is 1. The second kappa shape index (κ2) is 4.96. The van der Waals surface area contributed by atoms with Crippen LogP contribution in [0.25, 0.3) is 0 Å². The molecule has 0 saturated heterocycles. The van der Waals surface area contributed by atoms with E-state index in [1.165, 1.54) is 12.8 Å². The molecule has 3 unspecified atom stereocenters. The number of aliphatic hydroxyl groups is 1. The lowest BCUT2D eigenvalue weighted by Crippen LogP contribution is -2.49. The van der Waals surface area contributed by atoms with Gasteiger partial charge < -0.3 is 14.6 Å². The molecule has 1 aliphatic carbocycles. The van der Waals surface area contributed by atoms with E-state index in [1.807, 2.05) is 18.2 Å². The average Bonchev–Trinajstić information content (AvgIpc) is 2.43. The topological polar surface area (TPSA) is 38.7 Å². The van der Waals surface area contributed by atoms with Gasteiger partial charge in [0.2, 0.25) is 0 Å². The molecule has 20 heavy (non-hydrogen) atoms. The molecule has 1 aliphatic heterocycles. The Morgan fingerprint density at radius 3 is 2.85 bits per heavy atom. The summed E-state index contributed by atoms with van der Waals surface area (Å²) in [6.45, 7) is 4.57. The summed E-state index contributed by atoms with van der Waals surface area (Å²) < 4.78 is 11.6. The van der Waals surface area contributed by atoms with E-state index < -0.39 is 6.10 Å². The highest BCUT2D eigenvalue weighted by atomic mass is 16.5. The van der Waals surface area contributed by atoms with E-state index in [-0.39, 0.29) is 5.60 Å². The third-order valence-corrected chi connectivity index (χ3v) is 5.14. The van der Waals surface area contributed by atoms with E-state index in [4.69, 9.17) is 9.47 Å². The monoisotopic (exact) mass is 276 g/mol. The molecule has 1 N–H and O–H groups in total. The van der Waals surface area contributed by atoms with Crippen LogP contribution in [0.1, 0.15) is 51.2 Å². The molecule has 1 heterocycles. The molecule has 1 aromatic carbocycles. The molecular weight excluding hydrogens is 252 g/mol. The SMILES string of the molecule is COc1ccc2c(c1)[C@H](O)CC1(CCC(C)CC1C)O2. The lowest BCUT2D eigenvalue weighted by molar-refractivity contribution is -0.0803. The van der Waals surface area contributed by atoms with Gasteiger partial charge in [0.05, 0.1) is 13.2 Å². The minimum absolute atomic E-state index is 0.187. The molecule has 0 bridgehead atoms. The van der Waals surface area contributed by atoms with Gasteiger partial charge in [-0.25, -0.2) is 0 Å². The number of benzene rings is 1. The molecule has 3 rings (SSSR count). The highest BCUT2D eigenvalue weighted by molar-refractivity contribution is 5.43.